The molecule has 0 unspecified atom stereocenters. The summed E-state index contributed by atoms with van der Waals surface area (Å²) >= 11 is 0. The second-order valence-corrected chi connectivity index (χ2v) is 12.3. The highest BCUT2D eigenvalue weighted by Crippen LogP contribution is 2.49. The van der Waals surface area contributed by atoms with E-state index < -0.39 is 101 Å². The Morgan fingerprint density at radius 1 is 0.468 bits per heavy atom. The molecule has 0 spiro atoms. The standard InChI is InChI=1S/C45H32N2/c1-45(2)39-17-9-6-14-33(39)34-23-22-32(28-40(34)45)47-42-19-11-8-16-36(42)38-27-30(21-25-44(38)47)29-20-24-43-37(26-29)35-15-7-10-18-41(35)46(43)31-12-4-3-5-13-31/h3-28H,1-2H3/i7D,8D,10D,11D,15D,16D,18D,19D,20D,21D,24D,25D,26D,27D. The topological polar surface area (TPSA) is 9.86 Å². The quantitative estimate of drug-likeness (QED) is 0.187. The minimum Gasteiger partial charge on any atom is -0.309 e. The van der Waals surface area contributed by atoms with Crippen molar-refractivity contribution in [1.29, 1.82) is 0 Å². The summed E-state index contributed by atoms with van der Waals surface area (Å²) in [5, 5.41) is -0.412. The maximum Gasteiger partial charge on any atom is 0.0645 e. The highest BCUT2D eigenvalue weighted by molar-refractivity contribution is 6.12. The number of aromatic nitrogens is 2. The van der Waals surface area contributed by atoms with E-state index in [1.54, 1.807) is 36.4 Å². The van der Waals surface area contributed by atoms with E-state index in [0.717, 1.165) is 22.3 Å². The predicted molar refractivity (Wildman–Crippen MR) is 198 cm³/mol. The van der Waals surface area contributed by atoms with Crippen LogP contribution in [0.25, 0.3) is 77.2 Å². The summed E-state index contributed by atoms with van der Waals surface area (Å²) < 4.78 is 131. The molecule has 1 aliphatic carbocycles. The zero-order chi connectivity index (χ0) is 43.5. The fourth-order valence-electron chi connectivity index (χ4n) is 7.20. The van der Waals surface area contributed by atoms with Crippen LogP contribution in [0.4, 0.5) is 0 Å². The van der Waals surface area contributed by atoms with Crippen LogP contribution in [-0.2, 0) is 5.41 Å². The van der Waals surface area contributed by atoms with Gasteiger partial charge in [0.2, 0.25) is 0 Å². The number of hydrogen-bond donors (Lipinski definition) is 0. The molecule has 9 aromatic rings. The van der Waals surface area contributed by atoms with Gasteiger partial charge in [-0.25, -0.2) is 0 Å². The fraction of sp³-hybridized carbons (Fsp3) is 0.0667. The maximum atomic E-state index is 9.83. The van der Waals surface area contributed by atoms with Crippen molar-refractivity contribution >= 4 is 43.6 Å². The lowest BCUT2D eigenvalue weighted by atomic mass is 9.82. The van der Waals surface area contributed by atoms with Crippen molar-refractivity contribution in [2.24, 2.45) is 0 Å². The Morgan fingerprint density at radius 3 is 1.66 bits per heavy atom. The van der Waals surface area contributed by atoms with Crippen molar-refractivity contribution < 1.29 is 19.2 Å². The average molecular weight is 615 g/mol. The van der Waals surface area contributed by atoms with Gasteiger partial charge in [0, 0.05) is 38.3 Å². The number of para-hydroxylation sites is 3. The Hall–Kier alpha value is -5.86. The summed E-state index contributed by atoms with van der Waals surface area (Å²) in [6.45, 7) is 4.17. The monoisotopic (exact) mass is 614 g/mol. The number of rotatable bonds is 3. The van der Waals surface area contributed by atoms with E-state index in [4.69, 9.17) is 9.60 Å². The molecule has 47 heavy (non-hydrogen) atoms. The van der Waals surface area contributed by atoms with Crippen LogP contribution in [0.3, 0.4) is 0 Å². The number of hydrogen-bond acceptors (Lipinski definition) is 0. The van der Waals surface area contributed by atoms with Crippen LogP contribution in [-0.4, -0.2) is 9.13 Å². The molecule has 2 heteroatoms. The van der Waals surface area contributed by atoms with Crippen molar-refractivity contribution in [3.05, 3.63) is 169 Å². The van der Waals surface area contributed by atoms with Crippen LogP contribution in [0.5, 0.6) is 0 Å². The molecule has 0 atom stereocenters. The van der Waals surface area contributed by atoms with Crippen molar-refractivity contribution in [2.75, 3.05) is 0 Å². The second kappa shape index (κ2) is 9.57. The van der Waals surface area contributed by atoms with E-state index in [0.29, 0.717) is 11.4 Å². The minimum atomic E-state index is -0.598. The molecule has 2 heterocycles. The lowest BCUT2D eigenvalue weighted by Crippen LogP contribution is -2.15. The summed E-state index contributed by atoms with van der Waals surface area (Å²) in [5.74, 6) is 0. The Morgan fingerprint density at radius 2 is 1.00 bits per heavy atom. The summed E-state index contributed by atoms with van der Waals surface area (Å²) in [5.41, 5.74) is 3.49. The number of fused-ring (bicyclic) bond motifs is 9. The minimum absolute atomic E-state index is 0.0245. The third-order valence-electron chi connectivity index (χ3n) is 9.40. The Bertz CT molecular complexity index is 3490. The Labute approximate surface area is 293 Å². The van der Waals surface area contributed by atoms with Crippen molar-refractivity contribution in [1.82, 2.24) is 9.13 Å². The molecular formula is C45H32N2. The molecule has 222 valence electrons. The third kappa shape index (κ3) is 3.67. The van der Waals surface area contributed by atoms with Gasteiger partial charge < -0.3 is 9.13 Å². The van der Waals surface area contributed by atoms with Gasteiger partial charge in [0.15, 0.2) is 0 Å². The van der Waals surface area contributed by atoms with E-state index in [1.807, 2.05) is 30.3 Å². The van der Waals surface area contributed by atoms with Crippen molar-refractivity contribution in [3.8, 4) is 33.6 Å². The van der Waals surface area contributed by atoms with Crippen molar-refractivity contribution in [2.45, 2.75) is 19.3 Å². The second-order valence-electron chi connectivity index (χ2n) is 12.3. The third-order valence-corrected chi connectivity index (χ3v) is 9.40. The van der Waals surface area contributed by atoms with Crippen LogP contribution < -0.4 is 0 Å². The fourth-order valence-corrected chi connectivity index (χ4v) is 7.20. The van der Waals surface area contributed by atoms with Crippen molar-refractivity contribution in [3.63, 3.8) is 0 Å². The van der Waals surface area contributed by atoms with Gasteiger partial charge in [-0.15, -0.1) is 0 Å². The first-order chi connectivity index (χ1) is 28.9. The van der Waals surface area contributed by atoms with E-state index in [9.17, 15) is 9.60 Å². The molecule has 0 saturated heterocycles. The molecule has 0 aliphatic heterocycles. The summed E-state index contributed by atoms with van der Waals surface area (Å²) in [4.78, 5) is 0. The van der Waals surface area contributed by atoms with Crippen LogP contribution in [0.1, 0.15) is 44.2 Å². The van der Waals surface area contributed by atoms with E-state index in [-0.39, 0.29) is 43.6 Å². The summed E-state index contributed by atoms with van der Waals surface area (Å²) in [6.07, 6.45) is 0. The Kier molecular flexibility index (Phi) is 3.28. The highest BCUT2D eigenvalue weighted by Gasteiger charge is 2.35. The molecule has 2 nitrogen and oxygen atoms in total. The van der Waals surface area contributed by atoms with Gasteiger partial charge in [0.1, 0.15) is 0 Å². The van der Waals surface area contributed by atoms with E-state index >= 15 is 0 Å². The molecule has 0 N–H and O–H groups in total. The molecular weight excluding hydrogens is 569 g/mol. The average Bonchev–Trinajstić information content (AvgIpc) is 3.88. The highest BCUT2D eigenvalue weighted by atomic mass is 15.0. The van der Waals surface area contributed by atoms with Gasteiger partial charge in [-0.2, -0.15) is 0 Å². The first kappa shape index (κ1) is 16.1. The lowest BCUT2D eigenvalue weighted by molar-refractivity contribution is 0.660. The van der Waals surface area contributed by atoms with Crippen LogP contribution in [0.15, 0.2) is 157 Å². The molecule has 7 aromatic carbocycles. The molecule has 0 bridgehead atoms. The predicted octanol–water partition coefficient (Wildman–Crippen LogP) is 11.9. The first-order valence-corrected chi connectivity index (χ1v) is 15.3. The SMILES string of the molecule is [2H]c1c([2H])c([2H])c2c(c1[2H])c1c([2H])c(-c3c([2H])c([2H])c4c(c3[2H])c3c([2H])c([2H])c([2H])c([2H])c3n4-c3ccc4c(c3)C(C)(C)c3ccccc3-4)c([2H])c([2H])c1n2-c1ccccc1. The largest absolute Gasteiger partial charge is 0.309 e. The molecule has 1 aliphatic rings. The molecule has 2 aromatic heterocycles. The van der Waals surface area contributed by atoms with Gasteiger partial charge in [0.05, 0.1) is 41.3 Å². The van der Waals surface area contributed by atoms with Gasteiger partial charge >= 0.3 is 0 Å². The maximum absolute atomic E-state index is 9.83. The van der Waals surface area contributed by atoms with Gasteiger partial charge in [0.25, 0.3) is 0 Å². The van der Waals surface area contributed by atoms with Gasteiger partial charge in [-0.3, -0.25) is 0 Å². The van der Waals surface area contributed by atoms with Gasteiger partial charge in [-0.05, 0) is 93.9 Å². The number of benzene rings is 7. The summed E-state index contributed by atoms with van der Waals surface area (Å²) in [6, 6.07) is 14.9. The molecule has 10 rings (SSSR count). The zero-order valence-electron chi connectivity index (χ0n) is 39.3. The van der Waals surface area contributed by atoms with E-state index in [1.165, 1.54) is 9.13 Å². The summed E-state index contributed by atoms with van der Waals surface area (Å²) in [7, 11) is 0. The Balaban J connectivity index is 1.36. The van der Waals surface area contributed by atoms with E-state index in [2.05, 4.69) is 19.9 Å². The van der Waals surface area contributed by atoms with Crippen LogP contribution in [0.2, 0.25) is 0 Å². The lowest BCUT2D eigenvalue weighted by Gasteiger charge is -2.22. The van der Waals surface area contributed by atoms with Crippen LogP contribution in [0, 0.1) is 0 Å². The smallest absolute Gasteiger partial charge is 0.0645 e. The number of nitrogens with zero attached hydrogens (tertiary/aromatic N) is 2. The first-order valence-electron chi connectivity index (χ1n) is 22.3. The molecule has 0 saturated carbocycles. The van der Waals surface area contributed by atoms with Crippen LogP contribution >= 0.6 is 0 Å². The zero-order valence-corrected chi connectivity index (χ0v) is 25.3. The molecule has 0 radical (unpaired) electrons. The molecule has 0 fully saturated rings. The normalized spacial score (nSPS) is 17.7. The molecule has 0 amide bonds. The van der Waals surface area contributed by atoms with Gasteiger partial charge in [-0.1, -0.05) is 111 Å².